The van der Waals surface area contributed by atoms with Crippen molar-refractivity contribution >= 4 is 29.1 Å². The molecule has 0 atom stereocenters. The molecule has 35 heavy (non-hydrogen) atoms. The van der Waals surface area contributed by atoms with Crippen LogP contribution in [0.2, 0.25) is 10.0 Å². The van der Waals surface area contributed by atoms with Gasteiger partial charge in [0.2, 0.25) is 5.91 Å². The number of benzene rings is 2. The van der Waals surface area contributed by atoms with Crippen molar-refractivity contribution in [3.05, 3.63) is 58.1 Å². The van der Waals surface area contributed by atoms with Gasteiger partial charge < -0.3 is 19.5 Å². The molecule has 0 spiro atoms. The van der Waals surface area contributed by atoms with Crippen LogP contribution in [0.3, 0.4) is 0 Å². The standard InChI is InChI=1S/C27H34Cl2N2O4/c28-24-10-9-23(18-25(24)29)35-20-27(33)11-15-30(16-12-27)19-21-5-7-22(8-6-21)34-17-3-14-31-13-2-1-4-26(31)32/h5-10,18,33H,1-4,11-17,19-20H2. The second-order valence-corrected chi connectivity index (χ2v) is 10.4. The van der Waals surface area contributed by atoms with Gasteiger partial charge in [-0.25, -0.2) is 0 Å². The number of aliphatic hydroxyl groups is 1. The summed E-state index contributed by atoms with van der Waals surface area (Å²) in [7, 11) is 0. The molecular weight excluding hydrogens is 487 g/mol. The van der Waals surface area contributed by atoms with Gasteiger partial charge in [0, 0.05) is 45.2 Å². The van der Waals surface area contributed by atoms with E-state index in [-0.39, 0.29) is 12.5 Å². The highest BCUT2D eigenvalue weighted by molar-refractivity contribution is 6.42. The highest BCUT2D eigenvalue weighted by Gasteiger charge is 2.33. The summed E-state index contributed by atoms with van der Waals surface area (Å²) in [4.78, 5) is 16.2. The van der Waals surface area contributed by atoms with Crippen LogP contribution < -0.4 is 9.47 Å². The molecule has 8 heteroatoms. The second kappa shape index (κ2) is 12.3. The Hall–Kier alpha value is -1.99. The van der Waals surface area contributed by atoms with Crippen molar-refractivity contribution in [1.82, 2.24) is 9.80 Å². The molecule has 1 N–H and O–H groups in total. The zero-order valence-corrected chi connectivity index (χ0v) is 21.6. The lowest BCUT2D eigenvalue weighted by atomic mass is 9.92. The molecule has 4 rings (SSSR count). The molecule has 0 aromatic heterocycles. The minimum absolute atomic E-state index is 0.233. The molecule has 2 aliphatic heterocycles. The Labute approximate surface area is 217 Å². The van der Waals surface area contributed by atoms with Gasteiger partial charge in [0.15, 0.2) is 0 Å². The summed E-state index contributed by atoms with van der Waals surface area (Å²) in [6.45, 7) is 4.93. The molecule has 2 aromatic carbocycles. The maximum Gasteiger partial charge on any atom is 0.222 e. The first kappa shape index (κ1) is 26.1. The molecule has 0 bridgehead atoms. The van der Waals surface area contributed by atoms with Crippen LogP contribution in [-0.2, 0) is 11.3 Å². The van der Waals surface area contributed by atoms with Crippen LogP contribution in [0.25, 0.3) is 0 Å². The topological polar surface area (TPSA) is 62.2 Å². The molecule has 0 aliphatic carbocycles. The third kappa shape index (κ3) is 7.74. The fourth-order valence-electron chi connectivity index (χ4n) is 4.55. The van der Waals surface area contributed by atoms with E-state index in [4.69, 9.17) is 32.7 Å². The number of halogens is 2. The van der Waals surface area contributed by atoms with Crippen LogP contribution in [0.5, 0.6) is 11.5 Å². The van der Waals surface area contributed by atoms with Gasteiger partial charge in [0.05, 0.1) is 16.7 Å². The van der Waals surface area contributed by atoms with Crippen molar-refractivity contribution in [2.75, 3.05) is 39.4 Å². The third-order valence-corrected chi connectivity index (χ3v) is 7.52. The van der Waals surface area contributed by atoms with Gasteiger partial charge in [0.1, 0.15) is 23.7 Å². The molecular formula is C27H34Cl2N2O4. The molecule has 2 aromatic rings. The molecule has 0 radical (unpaired) electrons. The number of hydrogen-bond donors (Lipinski definition) is 1. The van der Waals surface area contributed by atoms with E-state index in [1.54, 1.807) is 18.2 Å². The first-order valence-electron chi connectivity index (χ1n) is 12.4. The third-order valence-electron chi connectivity index (χ3n) is 6.78. The fraction of sp³-hybridized carbons (Fsp3) is 0.519. The number of nitrogens with zero attached hydrogens (tertiary/aromatic N) is 2. The molecule has 2 fully saturated rings. The Morgan fingerprint density at radius 2 is 1.66 bits per heavy atom. The molecule has 0 saturated carbocycles. The van der Waals surface area contributed by atoms with Gasteiger partial charge in [-0.3, -0.25) is 9.69 Å². The van der Waals surface area contributed by atoms with Crippen molar-refractivity contribution < 1.29 is 19.4 Å². The average molecular weight is 521 g/mol. The summed E-state index contributed by atoms with van der Waals surface area (Å²) >= 11 is 12.0. The van der Waals surface area contributed by atoms with Gasteiger partial charge >= 0.3 is 0 Å². The van der Waals surface area contributed by atoms with E-state index in [0.29, 0.717) is 41.7 Å². The Balaban J connectivity index is 1.15. The average Bonchev–Trinajstić information content (AvgIpc) is 2.86. The largest absolute Gasteiger partial charge is 0.494 e. The van der Waals surface area contributed by atoms with Gasteiger partial charge in [-0.15, -0.1) is 0 Å². The molecule has 2 heterocycles. The van der Waals surface area contributed by atoms with Crippen molar-refractivity contribution in [3.8, 4) is 11.5 Å². The minimum Gasteiger partial charge on any atom is -0.494 e. The van der Waals surface area contributed by atoms with E-state index in [2.05, 4.69) is 17.0 Å². The van der Waals surface area contributed by atoms with E-state index in [9.17, 15) is 9.90 Å². The van der Waals surface area contributed by atoms with Crippen LogP contribution in [0.15, 0.2) is 42.5 Å². The van der Waals surface area contributed by atoms with E-state index in [0.717, 1.165) is 57.7 Å². The highest BCUT2D eigenvalue weighted by atomic mass is 35.5. The van der Waals surface area contributed by atoms with Crippen molar-refractivity contribution in [3.63, 3.8) is 0 Å². The molecule has 6 nitrogen and oxygen atoms in total. The van der Waals surface area contributed by atoms with Crippen molar-refractivity contribution in [1.29, 1.82) is 0 Å². The lowest BCUT2D eigenvalue weighted by molar-refractivity contribution is -0.133. The summed E-state index contributed by atoms with van der Waals surface area (Å²) in [6.07, 6.45) is 4.95. The van der Waals surface area contributed by atoms with Crippen molar-refractivity contribution in [2.24, 2.45) is 0 Å². The number of amides is 1. The lowest BCUT2D eigenvalue weighted by Crippen LogP contribution is -2.47. The Morgan fingerprint density at radius 1 is 0.914 bits per heavy atom. The maximum atomic E-state index is 11.9. The van der Waals surface area contributed by atoms with Crippen LogP contribution >= 0.6 is 23.2 Å². The number of rotatable bonds is 10. The number of piperidine rings is 2. The Morgan fingerprint density at radius 3 is 2.37 bits per heavy atom. The number of ether oxygens (including phenoxy) is 2. The maximum absolute atomic E-state index is 11.9. The molecule has 190 valence electrons. The van der Waals surface area contributed by atoms with Crippen LogP contribution in [0.1, 0.15) is 44.1 Å². The Bertz CT molecular complexity index is 978. The molecule has 2 aliphatic rings. The van der Waals surface area contributed by atoms with Crippen LogP contribution in [-0.4, -0.2) is 65.8 Å². The molecule has 1 amide bonds. The molecule has 2 saturated heterocycles. The van der Waals surface area contributed by atoms with Gasteiger partial charge in [-0.1, -0.05) is 35.3 Å². The highest BCUT2D eigenvalue weighted by Crippen LogP contribution is 2.29. The summed E-state index contributed by atoms with van der Waals surface area (Å²) in [6, 6.07) is 13.3. The lowest BCUT2D eigenvalue weighted by Gasteiger charge is -2.38. The van der Waals surface area contributed by atoms with Gasteiger partial charge in [0.25, 0.3) is 0 Å². The van der Waals surface area contributed by atoms with Crippen LogP contribution in [0.4, 0.5) is 0 Å². The number of carbonyl (C=O) groups is 1. The first-order chi connectivity index (χ1) is 16.9. The summed E-state index contributed by atoms with van der Waals surface area (Å²) in [5, 5.41) is 11.9. The zero-order valence-electron chi connectivity index (χ0n) is 20.1. The number of likely N-dealkylation sites (tertiary alicyclic amines) is 2. The minimum atomic E-state index is -0.848. The van der Waals surface area contributed by atoms with Gasteiger partial charge in [-0.2, -0.15) is 0 Å². The molecule has 0 unspecified atom stereocenters. The van der Waals surface area contributed by atoms with E-state index in [1.807, 2.05) is 17.0 Å². The van der Waals surface area contributed by atoms with Gasteiger partial charge in [-0.05, 0) is 61.9 Å². The summed E-state index contributed by atoms with van der Waals surface area (Å²) in [5.41, 5.74) is 0.368. The predicted octanol–water partition coefficient (Wildman–Crippen LogP) is 5.18. The Kier molecular flexibility index (Phi) is 9.17. The summed E-state index contributed by atoms with van der Waals surface area (Å²) < 4.78 is 11.7. The van der Waals surface area contributed by atoms with E-state index >= 15 is 0 Å². The number of hydrogen-bond acceptors (Lipinski definition) is 5. The quantitative estimate of drug-likeness (QED) is 0.437. The van der Waals surface area contributed by atoms with Crippen molar-refractivity contribution in [2.45, 2.75) is 50.7 Å². The first-order valence-corrected chi connectivity index (χ1v) is 13.2. The monoisotopic (exact) mass is 520 g/mol. The predicted molar refractivity (Wildman–Crippen MR) is 138 cm³/mol. The smallest absolute Gasteiger partial charge is 0.222 e. The fourth-order valence-corrected chi connectivity index (χ4v) is 4.84. The second-order valence-electron chi connectivity index (χ2n) is 9.55. The number of carbonyl (C=O) groups excluding carboxylic acids is 1. The normalized spacial score (nSPS) is 18.5. The summed E-state index contributed by atoms with van der Waals surface area (Å²) in [5.74, 6) is 1.74. The SMILES string of the molecule is O=C1CCCCN1CCCOc1ccc(CN2CCC(O)(COc3ccc(Cl)c(Cl)c3)CC2)cc1. The van der Waals surface area contributed by atoms with E-state index in [1.165, 1.54) is 5.56 Å². The van der Waals surface area contributed by atoms with E-state index < -0.39 is 5.60 Å². The zero-order chi connectivity index (χ0) is 24.7. The van der Waals surface area contributed by atoms with Crippen LogP contribution in [0, 0.1) is 0 Å².